The quantitative estimate of drug-likeness (QED) is 0.150. The van der Waals surface area contributed by atoms with Gasteiger partial charge in [0.15, 0.2) is 4.96 Å². The van der Waals surface area contributed by atoms with Crippen molar-refractivity contribution in [3.05, 3.63) is 83.0 Å². The predicted octanol–water partition coefficient (Wildman–Crippen LogP) is 5.25. The fraction of sp³-hybridized carbons (Fsp3) is 0.185. The van der Waals surface area contributed by atoms with Crippen molar-refractivity contribution in [1.82, 2.24) is 23.7 Å². The second-order valence-corrected chi connectivity index (χ2v) is 12.5. The summed E-state index contributed by atoms with van der Waals surface area (Å²) in [5.74, 6) is 0.408. The summed E-state index contributed by atoms with van der Waals surface area (Å²) in [5, 5.41) is 17.9. The molecule has 0 amide bonds. The van der Waals surface area contributed by atoms with Crippen LogP contribution in [0.25, 0.3) is 27.6 Å². The second-order valence-electron chi connectivity index (χ2n) is 9.30. The van der Waals surface area contributed by atoms with Crippen molar-refractivity contribution in [2.24, 2.45) is 5.16 Å². The molecule has 10 nitrogen and oxygen atoms in total. The highest BCUT2D eigenvalue weighted by Gasteiger charge is 2.30. The number of piperidine rings is 1. The summed E-state index contributed by atoms with van der Waals surface area (Å²) >= 11 is 7.47. The van der Waals surface area contributed by atoms with Crippen molar-refractivity contribution in [3.63, 3.8) is 0 Å². The maximum Gasteiger partial charge on any atom is 0.243 e. The van der Waals surface area contributed by atoms with Crippen LogP contribution in [-0.4, -0.2) is 62.6 Å². The average Bonchev–Trinajstić information content (AvgIpc) is 3.56. The lowest BCUT2D eigenvalue weighted by Gasteiger charge is -2.32. The predicted molar refractivity (Wildman–Crippen MR) is 156 cm³/mol. The van der Waals surface area contributed by atoms with Gasteiger partial charge in [-0.2, -0.15) is 4.31 Å². The van der Waals surface area contributed by atoms with E-state index in [0.29, 0.717) is 36.2 Å². The zero-order chi connectivity index (χ0) is 27.7. The number of rotatable bonds is 7. The Bertz CT molecular complexity index is 1800. The smallest absolute Gasteiger partial charge is 0.243 e. The summed E-state index contributed by atoms with van der Waals surface area (Å²) in [6.45, 7) is 0.740. The van der Waals surface area contributed by atoms with E-state index in [1.54, 1.807) is 18.3 Å². The summed E-state index contributed by atoms with van der Waals surface area (Å²) in [7, 11) is -3.65. The molecule has 1 fully saturated rings. The molecule has 1 aliphatic heterocycles. The molecule has 2 aromatic carbocycles. The zero-order valence-corrected chi connectivity index (χ0v) is 23.4. The SMILES string of the molecule is O=S(=O)(c1ccc(Cl)cc1)N1CCC[C@@H](Nc2nccc(-c3c(-c4cccc(/C=N/O)c4)nc4sccn34)n2)C1. The molecule has 13 heteroatoms. The van der Waals surface area contributed by atoms with Crippen molar-refractivity contribution in [3.8, 4) is 22.6 Å². The highest BCUT2D eigenvalue weighted by molar-refractivity contribution is 7.89. The van der Waals surface area contributed by atoms with Gasteiger partial charge in [0.05, 0.1) is 22.5 Å². The molecule has 0 aliphatic carbocycles. The molecule has 2 N–H and O–H groups in total. The van der Waals surface area contributed by atoms with Gasteiger partial charge in [-0.3, -0.25) is 4.40 Å². The minimum absolute atomic E-state index is 0.161. The van der Waals surface area contributed by atoms with Crippen molar-refractivity contribution < 1.29 is 13.6 Å². The number of hydrogen-bond donors (Lipinski definition) is 2. The lowest BCUT2D eigenvalue weighted by atomic mass is 10.1. The average molecular weight is 594 g/mol. The number of aromatic nitrogens is 4. The minimum atomic E-state index is -3.65. The van der Waals surface area contributed by atoms with E-state index in [1.807, 2.05) is 46.3 Å². The number of fused-ring (bicyclic) bond motifs is 1. The largest absolute Gasteiger partial charge is 0.411 e. The van der Waals surface area contributed by atoms with E-state index in [-0.39, 0.29) is 10.9 Å². The first kappa shape index (κ1) is 26.4. The van der Waals surface area contributed by atoms with Crippen molar-refractivity contribution in [1.29, 1.82) is 0 Å². The molecule has 1 aliphatic rings. The Morgan fingerprint density at radius 2 is 2.00 bits per heavy atom. The van der Waals surface area contributed by atoms with Gasteiger partial charge in [0, 0.05) is 47.5 Å². The Labute approximate surface area is 239 Å². The molecule has 204 valence electrons. The second kappa shape index (κ2) is 11.0. The Morgan fingerprint density at radius 1 is 1.15 bits per heavy atom. The number of nitrogens with zero attached hydrogens (tertiary/aromatic N) is 6. The standard InChI is InChI=1S/C27H24ClN7O3S2/c28-20-6-8-22(9-7-20)40(37,38)34-12-2-5-21(17-34)31-26-29-11-10-23(32-26)25-24(33-27-35(25)13-14-39-27)19-4-1-3-18(15-19)16-30-36/h1,3-4,6-11,13-16,21,36H,2,5,12,17H2,(H,29,31,32)/b30-16+/t21-/m1/s1. The van der Waals surface area contributed by atoms with Gasteiger partial charge in [-0.15, -0.1) is 11.3 Å². The highest BCUT2D eigenvalue weighted by Crippen LogP contribution is 2.34. The van der Waals surface area contributed by atoms with Crippen molar-refractivity contribution in [2.75, 3.05) is 18.4 Å². The summed E-state index contributed by atoms with van der Waals surface area (Å²) in [6, 6.07) is 15.5. The Hall–Kier alpha value is -3.84. The molecule has 40 heavy (non-hydrogen) atoms. The van der Waals surface area contributed by atoms with Crippen LogP contribution in [0.2, 0.25) is 5.02 Å². The zero-order valence-electron chi connectivity index (χ0n) is 21.1. The molecule has 1 saturated heterocycles. The number of thiazole rings is 1. The van der Waals surface area contributed by atoms with E-state index in [9.17, 15) is 8.42 Å². The van der Waals surface area contributed by atoms with Crippen LogP contribution in [-0.2, 0) is 10.0 Å². The number of hydrogen-bond acceptors (Lipinski definition) is 9. The monoisotopic (exact) mass is 593 g/mol. The molecule has 5 aromatic rings. The summed E-state index contributed by atoms with van der Waals surface area (Å²) in [5.41, 5.74) is 3.80. The van der Waals surface area contributed by atoms with Crippen molar-refractivity contribution >= 4 is 50.1 Å². The van der Waals surface area contributed by atoms with Crippen LogP contribution in [0, 0.1) is 0 Å². The van der Waals surface area contributed by atoms with Crippen LogP contribution in [0.5, 0.6) is 0 Å². The normalized spacial score (nSPS) is 16.6. The van der Waals surface area contributed by atoms with Crippen molar-refractivity contribution in [2.45, 2.75) is 23.8 Å². The lowest BCUT2D eigenvalue weighted by molar-refractivity contribution is 0.322. The molecule has 6 rings (SSSR count). The summed E-state index contributed by atoms with van der Waals surface area (Å²) in [6.07, 6.45) is 6.49. The number of benzene rings is 2. The maximum absolute atomic E-state index is 13.2. The molecular weight excluding hydrogens is 570 g/mol. The third-order valence-electron chi connectivity index (χ3n) is 6.70. The minimum Gasteiger partial charge on any atom is -0.411 e. The first-order chi connectivity index (χ1) is 19.4. The van der Waals surface area contributed by atoms with Gasteiger partial charge in [0.2, 0.25) is 16.0 Å². The lowest BCUT2D eigenvalue weighted by Crippen LogP contribution is -2.45. The van der Waals surface area contributed by atoms with Gasteiger partial charge in [-0.05, 0) is 54.8 Å². The van der Waals surface area contributed by atoms with Gasteiger partial charge in [-0.1, -0.05) is 35.0 Å². The molecule has 1 atom stereocenters. The van der Waals surface area contributed by atoms with Gasteiger partial charge >= 0.3 is 0 Å². The maximum atomic E-state index is 13.2. The number of halogens is 1. The molecule has 0 radical (unpaired) electrons. The van der Waals surface area contributed by atoms with Gasteiger partial charge in [-0.25, -0.2) is 23.4 Å². The third kappa shape index (κ3) is 5.18. The number of sulfonamides is 1. The molecule has 0 unspecified atom stereocenters. The molecule has 0 spiro atoms. The topological polar surface area (TPSA) is 125 Å². The number of imidazole rings is 1. The first-order valence-electron chi connectivity index (χ1n) is 12.5. The number of nitrogens with one attached hydrogen (secondary N) is 1. The molecule has 0 saturated carbocycles. The van der Waals surface area contributed by atoms with Crippen LogP contribution >= 0.6 is 22.9 Å². The molecular formula is C27H24ClN7O3S2. The van der Waals surface area contributed by atoms with Crippen LogP contribution in [0.15, 0.2) is 82.4 Å². The van der Waals surface area contributed by atoms with Gasteiger partial charge in [0.25, 0.3) is 0 Å². The van der Waals surface area contributed by atoms with Gasteiger partial charge in [0.1, 0.15) is 5.69 Å². The van der Waals surface area contributed by atoms with E-state index in [2.05, 4.69) is 15.5 Å². The first-order valence-corrected chi connectivity index (χ1v) is 15.2. The van der Waals surface area contributed by atoms with Crippen LogP contribution in [0.1, 0.15) is 18.4 Å². The number of anilines is 1. The summed E-state index contributed by atoms with van der Waals surface area (Å²) in [4.78, 5) is 15.1. The van der Waals surface area contributed by atoms with E-state index in [0.717, 1.165) is 33.9 Å². The van der Waals surface area contributed by atoms with E-state index < -0.39 is 10.0 Å². The van der Waals surface area contributed by atoms with Crippen LogP contribution in [0.3, 0.4) is 0 Å². The third-order valence-corrected chi connectivity index (χ3v) is 9.58. The molecule has 3 aromatic heterocycles. The Balaban J connectivity index is 1.28. The van der Waals surface area contributed by atoms with Crippen LogP contribution in [0.4, 0.5) is 5.95 Å². The fourth-order valence-corrected chi connectivity index (χ4v) is 7.21. The van der Waals surface area contributed by atoms with Crippen LogP contribution < -0.4 is 5.32 Å². The number of oxime groups is 1. The fourth-order valence-electron chi connectivity index (χ4n) is 4.84. The van der Waals surface area contributed by atoms with E-state index in [1.165, 1.54) is 34.0 Å². The highest BCUT2D eigenvalue weighted by atomic mass is 35.5. The molecule has 0 bridgehead atoms. The molecule has 4 heterocycles. The van der Waals surface area contributed by atoms with E-state index >= 15 is 0 Å². The van der Waals surface area contributed by atoms with Gasteiger partial charge < -0.3 is 10.5 Å². The Morgan fingerprint density at radius 3 is 2.83 bits per heavy atom. The summed E-state index contributed by atoms with van der Waals surface area (Å²) < 4.78 is 30.0. The Kier molecular flexibility index (Phi) is 7.24. The van der Waals surface area contributed by atoms with E-state index in [4.69, 9.17) is 26.8 Å².